The second-order valence-corrected chi connectivity index (χ2v) is 13.0. The summed E-state index contributed by atoms with van der Waals surface area (Å²) in [6.45, 7) is 8.25. The summed E-state index contributed by atoms with van der Waals surface area (Å²) in [5.41, 5.74) is 1.54. The van der Waals surface area contributed by atoms with Crippen LogP contribution in [0, 0.1) is 5.41 Å². The van der Waals surface area contributed by atoms with Gasteiger partial charge < -0.3 is 15.7 Å². The van der Waals surface area contributed by atoms with Gasteiger partial charge in [-0.2, -0.15) is 4.31 Å². The third-order valence-electron chi connectivity index (χ3n) is 6.99. The maximum Gasteiger partial charge on any atom is 0.243 e. The Kier molecular flexibility index (Phi) is 10.1. The van der Waals surface area contributed by atoms with Crippen molar-refractivity contribution >= 4 is 21.8 Å². The topological polar surface area (TPSA) is 116 Å². The molecular weight excluding hydrogens is 502 g/mol. The second-order valence-electron chi connectivity index (χ2n) is 11.1. The molecule has 2 atom stereocenters. The van der Waals surface area contributed by atoms with E-state index in [2.05, 4.69) is 24.5 Å². The summed E-state index contributed by atoms with van der Waals surface area (Å²) in [5, 5.41) is 15.3. The summed E-state index contributed by atoms with van der Waals surface area (Å²) in [4.78, 5) is 27.0. The van der Waals surface area contributed by atoms with Crippen molar-refractivity contribution < 1.29 is 23.1 Å². The van der Waals surface area contributed by atoms with Crippen LogP contribution in [0.1, 0.15) is 64.0 Å². The van der Waals surface area contributed by atoms with Crippen molar-refractivity contribution in [1.29, 1.82) is 0 Å². The quantitative estimate of drug-likeness (QED) is 0.403. The van der Waals surface area contributed by atoms with Crippen molar-refractivity contribution in [3.63, 3.8) is 0 Å². The van der Waals surface area contributed by atoms with E-state index in [9.17, 15) is 23.1 Å². The van der Waals surface area contributed by atoms with Gasteiger partial charge in [0, 0.05) is 31.5 Å². The second kappa shape index (κ2) is 12.9. The van der Waals surface area contributed by atoms with Crippen LogP contribution in [0.25, 0.3) is 0 Å². The van der Waals surface area contributed by atoms with E-state index in [0.29, 0.717) is 18.8 Å². The van der Waals surface area contributed by atoms with Crippen LogP contribution in [0.5, 0.6) is 0 Å². The van der Waals surface area contributed by atoms with Crippen molar-refractivity contribution in [1.82, 2.24) is 14.9 Å². The molecule has 2 aromatic carbocycles. The minimum absolute atomic E-state index is 0.102. The van der Waals surface area contributed by atoms with E-state index in [-0.39, 0.29) is 36.9 Å². The number of aliphatic hydroxyl groups excluding tert-OH is 1. The van der Waals surface area contributed by atoms with Crippen molar-refractivity contribution in [2.45, 2.75) is 76.3 Å². The highest BCUT2D eigenvalue weighted by Crippen LogP contribution is 2.26. The summed E-state index contributed by atoms with van der Waals surface area (Å²) >= 11 is 0. The zero-order chi connectivity index (χ0) is 27.9. The summed E-state index contributed by atoms with van der Waals surface area (Å²) in [6.07, 6.45) is 2.02. The standard InChI is InChI=1S/C29H41N3O5S/c1-21(2)23-15-13-22(14-16-23)18-25(27(34)30-19-29(3,4)20-33)31-28(35)26-12-8-9-17-32(26)38(36,37)24-10-6-5-7-11-24/h5-7,10-11,13-16,21,25-26,33H,8-9,12,17-20H2,1-4H3,(H,30,34)(H,31,35)/t25-,26?/m0/s1. The van der Waals surface area contributed by atoms with E-state index in [0.717, 1.165) is 12.0 Å². The van der Waals surface area contributed by atoms with Gasteiger partial charge in [0.1, 0.15) is 12.1 Å². The maximum absolute atomic E-state index is 13.6. The molecule has 1 aliphatic rings. The molecule has 0 aliphatic carbocycles. The van der Waals surface area contributed by atoms with E-state index >= 15 is 0 Å². The SMILES string of the molecule is CC(C)c1ccc(C[C@H](NC(=O)C2CCCCN2S(=O)(=O)c2ccccc2)C(=O)NCC(C)(C)CO)cc1. The number of benzene rings is 2. The first-order valence-corrected chi connectivity index (χ1v) is 14.7. The normalized spacial score (nSPS) is 17.7. The Labute approximate surface area is 226 Å². The molecule has 9 heteroatoms. The number of carbonyl (C=O) groups excluding carboxylic acids is 2. The molecule has 0 bridgehead atoms. The number of nitrogens with zero attached hydrogens (tertiary/aromatic N) is 1. The summed E-state index contributed by atoms with van der Waals surface area (Å²) in [7, 11) is -3.87. The molecule has 0 radical (unpaired) electrons. The molecule has 1 saturated heterocycles. The first-order chi connectivity index (χ1) is 17.9. The Hall–Kier alpha value is -2.75. The molecule has 0 saturated carbocycles. The number of hydrogen-bond donors (Lipinski definition) is 3. The Bertz CT molecular complexity index is 1180. The highest BCUT2D eigenvalue weighted by atomic mass is 32.2. The van der Waals surface area contributed by atoms with Crippen LogP contribution >= 0.6 is 0 Å². The minimum Gasteiger partial charge on any atom is -0.396 e. The van der Waals surface area contributed by atoms with E-state index < -0.39 is 33.4 Å². The van der Waals surface area contributed by atoms with Gasteiger partial charge in [0.2, 0.25) is 21.8 Å². The Morgan fingerprint density at radius 3 is 2.32 bits per heavy atom. The van der Waals surface area contributed by atoms with Crippen molar-refractivity contribution in [3.8, 4) is 0 Å². The van der Waals surface area contributed by atoms with E-state index in [1.807, 2.05) is 38.1 Å². The highest BCUT2D eigenvalue weighted by molar-refractivity contribution is 7.89. The van der Waals surface area contributed by atoms with Gasteiger partial charge >= 0.3 is 0 Å². The molecule has 0 spiro atoms. The Morgan fingerprint density at radius 1 is 1.05 bits per heavy atom. The summed E-state index contributed by atoms with van der Waals surface area (Å²) in [5.74, 6) is -0.488. The van der Waals surface area contributed by atoms with E-state index in [1.54, 1.807) is 18.2 Å². The lowest BCUT2D eigenvalue weighted by Gasteiger charge is -2.34. The van der Waals surface area contributed by atoms with Crippen LogP contribution in [0.2, 0.25) is 0 Å². The molecule has 2 aromatic rings. The number of piperidine rings is 1. The number of nitrogens with one attached hydrogen (secondary N) is 2. The number of rotatable bonds is 11. The molecule has 1 heterocycles. The highest BCUT2D eigenvalue weighted by Gasteiger charge is 2.39. The van der Waals surface area contributed by atoms with Gasteiger partial charge in [-0.25, -0.2) is 8.42 Å². The van der Waals surface area contributed by atoms with E-state index in [4.69, 9.17) is 0 Å². The molecule has 208 valence electrons. The van der Waals surface area contributed by atoms with Crippen LogP contribution in [0.3, 0.4) is 0 Å². The minimum atomic E-state index is -3.87. The van der Waals surface area contributed by atoms with Crippen molar-refractivity contribution in [2.75, 3.05) is 19.7 Å². The van der Waals surface area contributed by atoms with Gasteiger partial charge in [0.15, 0.2) is 0 Å². The fraction of sp³-hybridized carbons (Fsp3) is 0.517. The fourth-order valence-electron chi connectivity index (χ4n) is 4.44. The van der Waals surface area contributed by atoms with Crippen LogP contribution in [0.15, 0.2) is 59.5 Å². The third-order valence-corrected chi connectivity index (χ3v) is 8.92. The summed E-state index contributed by atoms with van der Waals surface area (Å²) in [6, 6.07) is 14.2. The van der Waals surface area contributed by atoms with Crippen LogP contribution in [-0.2, 0) is 26.0 Å². The number of hydrogen-bond acceptors (Lipinski definition) is 5. The van der Waals surface area contributed by atoms with Gasteiger partial charge in [-0.15, -0.1) is 0 Å². The summed E-state index contributed by atoms with van der Waals surface area (Å²) < 4.78 is 28.0. The molecule has 3 N–H and O–H groups in total. The number of sulfonamides is 1. The van der Waals surface area contributed by atoms with Gasteiger partial charge in [0.05, 0.1) is 4.90 Å². The van der Waals surface area contributed by atoms with Crippen LogP contribution in [-0.4, -0.2) is 61.4 Å². The molecular formula is C29H41N3O5S. The van der Waals surface area contributed by atoms with Crippen LogP contribution < -0.4 is 10.6 Å². The first kappa shape index (κ1) is 29.8. The van der Waals surface area contributed by atoms with Crippen molar-refractivity contribution in [2.24, 2.45) is 5.41 Å². The monoisotopic (exact) mass is 543 g/mol. The van der Waals surface area contributed by atoms with Gasteiger partial charge in [-0.1, -0.05) is 76.6 Å². The molecule has 38 heavy (non-hydrogen) atoms. The van der Waals surface area contributed by atoms with Gasteiger partial charge in [-0.3, -0.25) is 9.59 Å². The molecule has 0 aromatic heterocycles. The molecule has 1 unspecified atom stereocenters. The third kappa shape index (κ3) is 7.65. The lowest BCUT2D eigenvalue weighted by Crippen LogP contribution is -2.57. The first-order valence-electron chi connectivity index (χ1n) is 13.3. The predicted molar refractivity (Wildman–Crippen MR) is 148 cm³/mol. The zero-order valence-corrected chi connectivity index (χ0v) is 23.6. The average Bonchev–Trinajstić information content (AvgIpc) is 2.92. The van der Waals surface area contributed by atoms with E-state index in [1.165, 1.54) is 22.0 Å². The number of carbonyl (C=O) groups is 2. The van der Waals surface area contributed by atoms with Gasteiger partial charge in [-0.05, 0) is 42.0 Å². The molecule has 3 rings (SSSR count). The Balaban J connectivity index is 1.83. The number of amides is 2. The fourth-order valence-corrected chi connectivity index (χ4v) is 6.12. The zero-order valence-electron chi connectivity index (χ0n) is 22.8. The van der Waals surface area contributed by atoms with Crippen molar-refractivity contribution in [3.05, 3.63) is 65.7 Å². The molecule has 1 aliphatic heterocycles. The smallest absolute Gasteiger partial charge is 0.243 e. The lowest BCUT2D eigenvalue weighted by molar-refractivity contribution is -0.131. The Morgan fingerprint density at radius 2 is 1.71 bits per heavy atom. The molecule has 2 amide bonds. The number of aliphatic hydroxyl groups is 1. The predicted octanol–water partition coefficient (Wildman–Crippen LogP) is 3.22. The molecule has 8 nitrogen and oxygen atoms in total. The largest absolute Gasteiger partial charge is 0.396 e. The maximum atomic E-state index is 13.6. The van der Waals surface area contributed by atoms with Gasteiger partial charge in [0.25, 0.3) is 0 Å². The van der Waals surface area contributed by atoms with Crippen LogP contribution in [0.4, 0.5) is 0 Å². The lowest BCUT2D eigenvalue weighted by atomic mass is 9.94. The average molecular weight is 544 g/mol. The molecule has 1 fully saturated rings.